The van der Waals surface area contributed by atoms with E-state index >= 15 is 0 Å². The van der Waals surface area contributed by atoms with Crippen LogP contribution in [-0.2, 0) is 9.59 Å². The van der Waals surface area contributed by atoms with Crippen molar-refractivity contribution in [2.45, 2.75) is 95.7 Å². The zero-order valence-corrected chi connectivity index (χ0v) is 24.2. The summed E-state index contributed by atoms with van der Waals surface area (Å²) in [6.45, 7) is 7.23. The van der Waals surface area contributed by atoms with E-state index in [1.165, 1.54) is 5.56 Å². The van der Waals surface area contributed by atoms with Crippen LogP contribution in [0.2, 0.25) is 0 Å². The van der Waals surface area contributed by atoms with Gasteiger partial charge in [-0.2, -0.15) is 0 Å². The summed E-state index contributed by atoms with van der Waals surface area (Å²) in [6, 6.07) is 10.6. The molecule has 0 aliphatic carbocycles. The lowest BCUT2D eigenvalue weighted by atomic mass is 9.98. The highest BCUT2D eigenvalue weighted by molar-refractivity contribution is 5.77. The quantitative estimate of drug-likeness (QED) is 0.410. The Morgan fingerprint density at radius 1 is 0.816 bits per heavy atom. The highest BCUT2D eigenvalue weighted by Crippen LogP contribution is 2.26. The van der Waals surface area contributed by atoms with Gasteiger partial charge in [0.15, 0.2) is 0 Å². The molecule has 0 radical (unpaired) electrons. The average Bonchev–Trinajstić information content (AvgIpc) is 2.90. The first kappa shape index (κ1) is 30.6. The summed E-state index contributed by atoms with van der Waals surface area (Å²) in [7, 11) is 4.21. The summed E-state index contributed by atoms with van der Waals surface area (Å²) in [5.74, 6) is 0.439. The van der Waals surface area contributed by atoms with E-state index in [-0.39, 0.29) is 30.0 Å². The number of benzene rings is 1. The van der Waals surface area contributed by atoms with Crippen LogP contribution in [0.3, 0.4) is 0 Å². The molecule has 0 aromatic heterocycles. The molecular formula is C31H52N4O3. The number of carbonyl (C=O) groups excluding carboxylic acids is 2. The number of rotatable bonds is 12. The van der Waals surface area contributed by atoms with Crippen molar-refractivity contribution in [1.82, 2.24) is 19.6 Å². The third-order valence-electron chi connectivity index (χ3n) is 8.49. The molecule has 2 amide bonds. The van der Waals surface area contributed by atoms with Crippen LogP contribution in [-0.4, -0.2) is 102 Å². The Kier molecular flexibility index (Phi) is 13.0. The van der Waals surface area contributed by atoms with Gasteiger partial charge >= 0.3 is 0 Å². The molecule has 0 saturated carbocycles. The molecular weight excluding hydrogens is 476 g/mol. The monoisotopic (exact) mass is 528 g/mol. The first-order valence-electron chi connectivity index (χ1n) is 15.1. The van der Waals surface area contributed by atoms with Gasteiger partial charge in [0.25, 0.3) is 0 Å². The van der Waals surface area contributed by atoms with E-state index < -0.39 is 0 Å². The van der Waals surface area contributed by atoms with Gasteiger partial charge in [-0.05, 0) is 64.7 Å². The van der Waals surface area contributed by atoms with Crippen molar-refractivity contribution in [3.8, 4) is 0 Å². The normalized spacial score (nSPS) is 23.6. The molecule has 2 saturated heterocycles. The molecule has 7 nitrogen and oxygen atoms in total. The minimum atomic E-state index is -0.327. The highest BCUT2D eigenvalue weighted by Gasteiger charge is 2.28. The van der Waals surface area contributed by atoms with Crippen molar-refractivity contribution in [3.05, 3.63) is 35.9 Å². The largest absolute Gasteiger partial charge is 0.393 e. The lowest BCUT2D eigenvalue weighted by Gasteiger charge is -2.35. The van der Waals surface area contributed by atoms with Crippen LogP contribution in [0.4, 0.5) is 0 Å². The Hall–Kier alpha value is -1.96. The zero-order valence-electron chi connectivity index (χ0n) is 24.2. The number of aliphatic hydroxyl groups excluding tert-OH is 1. The predicted octanol–water partition coefficient (Wildman–Crippen LogP) is 4.32. The first-order valence-corrected chi connectivity index (χ1v) is 15.1. The van der Waals surface area contributed by atoms with Crippen molar-refractivity contribution in [1.29, 1.82) is 0 Å². The summed E-state index contributed by atoms with van der Waals surface area (Å²) < 4.78 is 0. The van der Waals surface area contributed by atoms with Gasteiger partial charge in [-0.3, -0.25) is 14.5 Å². The Labute approximate surface area is 231 Å². The zero-order chi connectivity index (χ0) is 27.3. The van der Waals surface area contributed by atoms with Gasteiger partial charge in [-0.25, -0.2) is 0 Å². The fraction of sp³-hybridized carbons (Fsp3) is 0.742. The van der Waals surface area contributed by atoms with Crippen LogP contribution in [0.5, 0.6) is 0 Å². The van der Waals surface area contributed by atoms with Gasteiger partial charge in [0.1, 0.15) is 0 Å². The maximum atomic E-state index is 13.2. The Balaban J connectivity index is 1.45. The van der Waals surface area contributed by atoms with Crippen LogP contribution >= 0.6 is 0 Å². The van der Waals surface area contributed by atoms with Gasteiger partial charge in [0.05, 0.1) is 6.10 Å². The van der Waals surface area contributed by atoms with Gasteiger partial charge in [0.2, 0.25) is 11.8 Å². The van der Waals surface area contributed by atoms with Gasteiger partial charge < -0.3 is 19.8 Å². The molecule has 1 aromatic rings. The third-order valence-corrected chi connectivity index (χ3v) is 8.49. The number of nitrogens with zero attached hydrogens (tertiary/aromatic N) is 4. The van der Waals surface area contributed by atoms with Crippen molar-refractivity contribution < 1.29 is 14.7 Å². The minimum Gasteiger partial charge on any atom is -0.393 e. The fourth-order valence-electron chi connectivity index (χ4n) is 6.00. The van der Waals surface area contributed by atoms with Crippen molar-refractivity contribution >= 4 is 11.8 Å². The molecule has 214 valence electrons. The van der Waals surface area contributed by atoms with E-state index in [0.29, 0.717) is 19.3 Å². The average molecular weight is 529 g/mol. The lowest BCUT2D eigenvalue weighted by Crippen LogP contribution is -2.45. The predicted molar refractivity (Wildman–Crippen MR) is 154 cm³/mol. The second kappa shape index (κ2) is 16.2. The standard InChI is InChI=1S/C31H52N4O3/c1-4-5-7-16-28(36)23-27-24-30(37)34(21-12-17-32(27)2)19-10-11-20-35-22-13-18-33(3)29(25-31(35)38)26-14-8-6-9-15-26/h6,8-9,14-15,27-29,36H,4-5,7,10-13,16-25H2,1-3H3/t27-,28-,29+/m0/s1. The summed E-state index contributed by atoms with van der Waals surface area (Å²) in [4.78, 5) is 35.0. The third kappa shape index (κ3) is 9.65. The van der Waals surface area contributed by atoms with E-state index in [0.717, 1.165) is 90.6 Å². The summed E-state index contributed by atoms with van der Waals surface area (Å²) in [6.07, 6.45) is 9.31. The Morgan fingerprint density at radius 3 is 2.05 bits per heavy atom. The van der Waals surface area contributed by atoms with Gasteiger partial charge in [0, 0.05) is 57.6 Å². The highest BCUT2D eigenvalue weighted by atomic mass is 16.3. The second-order valence-electron chi connectivity index (χ2n) is 11.5. The molecule has 38 heavy (non-hydrogen) atoms. The van der Waals surface area contributed by atoms with E-state index in [1.54, 1.807) is 0 Å². The van der Waals surface area contributed by atoms with Gasteiger partial charge in [-0.15, -0.1) is 0 Å². The lowest BCUT2D eigenvalue weighted by molar-refractivity contribution is -0.135. The molecule has 1 N–H and O–H groups in total. The van der Waals surface area contributed by atoms with Crippen LogP contribution in [0.25, 0.3) is 0 Å². The van der Waals surface area contributed by atoms with E-state index in [9.17, 15) is 14.7 Å². The molecule has 3 rings (SSSR count). The van der Waals surface area contributed by atoms with Crippen molar-refractivity contribution in [2.75, 3.05) is 53.4 Å². The molecule has 2 heterocycles. The molecule has 2 aliphatic heterocycles. The number of amides is 2. The molecule has 3 atom stereocenters. The summed E-state index contributed by atoms with van der Waals surface area (Å²) in [5, 5.41) is 10.5. The van der Waals surface area contributed by atoms with Crippen LogP contribution in [0.1, 0.15) is 89.2 Å². The van der Waals surface area contributed by atoms with Crippen molar-refractivity contribution in [3.63, 3.8) is 0 Å². The topological polar surface area (TPSA) is 67.3 Å². The van der Waals surface area contributed by atoms with E-state index in [1.807, 2.05) is 28.0 Å². The maximum absolute atomic E-state index is 13.2. The maximum Gasteiger partial charge on any atom is 0.224 e. The number of carbonyl (C=O) groups is 2. The SMILES string of the molecule is CCCCC[C@H](O)C[C@H]1CC(=O)N(CCCCN2CCCN(C)[C@@H](c3ccccc3)CC2=O)CCCN1C. The summed E-state index contributed by atoms with van der Waals surface area (Å²) >= 11 is 0. The second-order valence-corrected chi connectivity index (χ2v) is 11.5. The Morgan fingerprint density at radius 2 is 1.42 bits per heavy atom. The fourth-order valence-corrected chi connectivity index (χ4v) is 6.00. The van der Waals surface area contributed by atoms with Crippen molar-refractivity contribution in [2.24, 2.45) is 0 Å². The van der Waals surface area contributed by atoms with Crippen LogP contribution in [0, 0.1) is 0 Å². The number of hydrogen-bond acceptors (Lipinski definition) is 5. The van der Waals surface area contributed by atoms with E-state index in [4.69, 9.17) is 0 Å². The van der Waals surface area contributed by atoms with Crippen LogP contribution < -0.4 is 0 Å². The molecule has 2 fully saturated rings. The molecule has 2 aliphatic rings. The van der Waals surface area contributed by atoms with E-state index in [2.05, 4.69) is 43.0 Å². The minimum absolute atomic E-state index is 0.108. The molecule has 7 heteroatoms. The van der Waals surface area contributed by atoms with Crippen LogP contribution in [0.15, 0.2) is 30.3 Å². The summed E-state index contributed by atoms with van der Waals surface area (Å²) in [5.41, 5.74) is 1.21. The molecule has 1 aromatic carbocycles. The number of hydrogen-bond donors (Lipinski definition) is 1. The Bertz CT molecular complexity index is 836. The number of aliphatic hydroxyl groups is 1. The molecule has 0 unspecified atom stereocenters. The number of unbranched alkanes of at least 4 members (excludes halogenated alkanes) is 3. The molecule has 0 bridgehead atoms. The smallest absolute Gasteiger partial charge is 0.224 e. The van der Waals surface area contributed by atoms with Gasteiger partial charge in [-0.1, -0.05) is 56.5 Å². The molecule has 0 spiro atoms. The first-order chi connectivity index (χ1) is 18.4.